The molecule has 1 aromatic heterocycles. The molecule has 0 atom stereocenters. The van der Waals surface area contributed by atoms with E-state index in [9.17, 15) is 31.0 Å². The molecule has 1 N–H and O–H groups in total. The molecule has 0 spiro atoms. The zero-order chi connectivity index (χ0) is 47.5. The maximum atomic E-state index is 13.7. The van der Waals surface area contributed by atoms with Crippen LogP contribution in [0.15, 0.2) is 111 Å². The molecule has 7 rings (SSSR count). The van der Waals surface area contributed by atoms with Gasteiger partial charge in [-0.05, 0) is 127 Å². The molecular formula is C51H55ClN4O8S2. The predicted molar refractivity (Wildman–Crippen MR) is 261 cm³/mol. The Hall–Kier alpha value is -5.80. The molecule has 66 heavy (non-hydrogen) atoms. The van der Waals surface area contributed by atoms with Crippen LogP contribution in [0, 0.1) is 13.8 Å². The first-order valence-electron chi connectivity index (χ1n) is 22.3. The zero-order valence-electron chi connectivity index (χ0n) is 38.1. The maximum Gasteiger partial charge on any atom is 0.262 e. The number of carbonyl (C=O) groups excluding carboxylic acids is 2. The molecule has 0 radical (unpaired) electrons. The Morgan fingerprint density at radius 1 is 0.788 bits per heavy atom. The van der Waals surface area contributed by atoms with Gasteiger partial charge in [0.1, 0.15) is 34.6 Å². The normalized spacial score (nSPS) is 12.0. The lowest BCUT2D eigenvalue weighted by Crippen LogP contribution is -2.29. The topological polar surface area (TPSA) is 162 Å². The van der Waals surface area contributed by atoms with E-state index < -0.39 is 24.9 Å². The van der Waals surface area contributed by atoms with E-state index in [1.165, 1.54) is 12.1 Å². The van der Waals surface area contributed by atoms with Crippen LogP contribution in [-0.2, 0) is 31.2 Å². The Morgan fingerprint density at radius 2 is 1.50 bits per heavy atom. The van der Waals surface area contributed by atoms with Crippen molar-refractivity contribution in [3.8, 4) is 22.5 Å². The molecule has 1 amide bonds. The van der Waals surface area contributed by atoms with Crippen molar-refractivity contribution in [2.24, 2.45) is 0 Å². The van der Waals surface area contributed by atoms with Crippen LogP contribution in [0.2, 0.25) is 5.02 Å². The largest absolute Gasteiger partial charge is 0.744 e. The maximum absolute atomic E-state index is 13.7. The third-order valence-electron chi connectivity index (χ3n) is 12.3. The van der Waals surface area contributed by atoms with Crippen molar-refractivity contribution >= 4 is 70.9 Å². The summed E-state index contributed by atoms with van der Waals surface area (Å²) in [4.78, 5) is 28.2. The van der Waals surface area contributed by atoms with Crippen LogP contribution >= 0.6 is 11.6 Å². The molecule has 4 aromatic carbocycles. The second-order valence-electron chi connectivity index (χ2n) is 16.4. The van der Waals surface area contributed by atoms with Crippen LogP contribution in [0.5, 0.6) is 0 Å². The fourth-order valence-electron chi connectivity index (χ4n) is 8.80. The van der Waals surface area contributed by atoms with Gasteiger partial charge in [0, 0.05) is 81.2 Å². The first-order valence-corrected chi connectivity index (χ1v) is 25.8. The van der Waals surface area contributed by atoms with Crippen LogP contribution in [0.3, 0.4) is 0 Å². The smallest absolute Gasteiger partial charge is 0.262 e. The SMILES string of the molecule is CCN(CC)c1ccc2c(-c3ccc(S(=O)(=O)CCCCCNC(=O)Cc4c(C)n(C(=O)c5ccc(Cl)cc5)c5ccc(C)cc45)cc3S(=O)(=O)[O-])c3ccc(=[N+](CC)CC)cc-3oc2c1. The van der Waals surface area contributed by atoms with Crippen molar-refractivity contribution in [1.82, 2.24) is 14.5 Å². The number of benzene rings is 5. The molecule has 0 fully saturated rings. The number of anilines is 1. The van der Waals surface area contributed by atoms with Gasteiger partial charge < -0.3 is 19.2 Å². The second kappa shape index (κ2) is 20.0. The minimum Gasteiger partial charge on any atom is -0.744 e. The molecule has 0 bridgehead atoms. The molecule has 346 valence electrons. The highest BCUT2D eigenvalue weighted by molar-refractivity contribution is 7.91. The van der Waals surface area contributed by atoms with Crippen molar-refractivity contribution in [1.29, 1.82) is 0 Å². The van der Waals surface area contributed by atoms with Crippen LogP contribution < -0.4 is 20.1 Å². The molecule has 1 aliphatic carbocycles. The molecule has 2 heterocycles. The van der Waals surface area contributed by atoms with Gasteiger partial charge in [-0.2, -0.15) is 0 Å². The number of carbonyl (C=O) groups is 2. The minimum atomic E-state index is -5.18. The number of aryl methyl sites for hydroxylation is 1. The number of halogens is 1. The van der Waals surface area contributed by atoms with Gasteiger partial charge in [0.2, 0.25) is 11.3 Å². The average Bonchev–Trinajstić information content (AvgIpc) is 3.55. The number of rotatable bonds is 17. The molecule has 5 aromatic rings. The van der Waals surface area contributed by atoms with Gasteiger partial charge in [0.25, 0.3) is 5.91 Å². The Kier molecular flexibility index (Phi) is 14.6. The van der Waals surface area contributed by atoms with Crippen LogP contribution in [0.25, 0.3) is 44.3 Å². The number of hydrogen-bond donors (Lipinski definition) is 1. The lowest BCUT2D eigenvalue weighted by molar-refractivity contribution is -0.120. The minimum absolute atomic E-state index is 0.0417. The molecule has 0 saturated carbocycles. The van der Waals surface area contributed by atoms with E-state index >= 15 is 0 Å². The molecule has 0 unspecified atom stereocenters. The number of hydrogen-bond acceptors (Lipinski definition) is 9. The standard InChI is InChI=1S/C51H55ClN4O8S2/c1-7-54(8-2)37-19-22-40-46(29-37)64-47-30-38(55(9-3)10-4)20-23-41(47)50(40)42-24-21-39(31-48(42)66(61,62)63)65(59,60)27-13-11-12-26-53-49(57)32-43-34(6)56(45-25-14-33(5)28-44(43)45)51(58)35-15-17-36(52)18-16-35/h14-25,28-31H,7-13,26-27,32H2,1-6H3,(H-,53,57,61,62,63). The summed E-state index contributed by atoms with van der Waals surface area (Å²) in [5.41, 5.74) is 6.05. The highest BCUT2D eigenvalue weighted by Gasteiger charge is 2.26. The van der Waals surface area contributed by atoms with E-state index in [0.717, 1.165) is 59.8 Å². The van der Waals surface area contributed by atoms with Crippen molar-refractivity contribution in [3.63, 3.8) is 0 Å². The van der Waals surface area contributed by atoms with E-state index in [4.69, 9.17) is 16.0 Å². The molecular weight excluding hydrogens is 896 g/mol. The van der Waals surface area contributed by atoms with Gasteiger partial charge in [-0.25, -0.2) is 21.4 Å². The van der Waals surface area contributed by atoms with E-state index in [1.54, 1.807) is 28.8 Å². The predicted octanol–water partition coefficient (Wildman–Crippen LogP) is 8.98. The van der Waals surface area contributed by atoms with Gasteiger partial charge in [-0.3, -0.25) is 14.2 Å². The summed E-state index contributed by atoms with van der Waals surface area (Å²) in [5.74, 6) is -0.278. The summed E-state index contributed by atoms with van der Waals surface area (Å²) in [6.45, 7) is 15.3. The van der Waals surface area contributed by atoms with Crippen LogP contribution in [0.1, 0.15) is 74.1 Å². The third kappa shape index (κ3) is 9.97. The van der Waals surface area contributed by atoms with Gasteiger partial charge in [-0.1, -0.05) is 35.7 Å². The van der Waals surface area contributed by atoms with E-state index in [2.05, 4.69) is 42.5 Å². The van der Waals surface area contributed by atoms with E-state index in [0.29, 0.717) is 69.0 Å². The molecule has 12 nitrogen and oxygen atoms in total. The lowest BCUT2D eigenvalue weighted by atomic mass is 9.93. The number of nitrogens with zero attached hydrogens (tertiary/aromatic N) is 3. The lowest BCUT2D eigenvalue weighted by Gasteiger charge is -2.23. The third-order valence-corrected chi connectivity index (χ3v) is 15.3. The van der Waals surface area contributed by atoms with Crippen LogP contribution in [-0.4, -0.2) is 76.2 Å². The van der Waals surface area contributed by atoms with Gasteiger partial charge in [-0.15, -0.1) is 0 Å². The summed E-state index contributed by atoms with van der Waals surface area (Å²) < 4.78 is 77.0. The van der Waals surface area contributed by atoms with Gasteiger partial charge in [0.15, 0.2) is 9.84 Å². The van der Waals surface area contributed by atoms with Crippen molar-refractivity contribution in [3.05, 3.63) is 130 Å². The Morgan fingerprint density at radius 3 is 2.18 bits per heavy atom. The summed E-state index contributed by atoms with van der Waals surface area (Å²) in [6.07, 6.45) is 1.21. The number of unbranched alkanes of at least 4 members (excludes halogenated alkanes) is 2. The Labute approximate surface area is 391 Å². The first kappa shape index (κ1) is 48.1. The average molecular weight is 952 g/mol. The molecule has 15 heteroatoms. The number of sulfone groups is 1. The summed E-state index contributed by atoms with van der Waals surface area (Å²) >= 11 is 6.06. The number of nitrogens with one attached hydrogen (secondary N) is 1. The number of fused-ring (bicyclic) bond motifs is 3. The van der Waals surface area contributed by atoms with E-state index in [1.807, 2.05) is 68.4 Å². The fraction of sp³-hybridized carbons (Fsp3) is 0.314. The van der Waals surface area contributed by atoms with Crippen molar-refractivity contribution < 1.29 is 35.4 Å². The zero-order valence-corrected chi connectivity index (χ0v) is 40.5. The number of amides is 1. The molecule has 2 aliphatic rings. The van der Waals surface area contributed by atoms with Gasteiger partial charge >= 0.3 is 0 Å². The van der Waals surface area contributed by atoms with Crippen molar-refractivity contribution in [2.75, 3.05) is 43.4 Å². The summed E-state index contributed by atoms with van der Waals surface area (Å²) in [5, 5.41) is 5.75. The Bertz CT molecular complexity index is 3240. The summed E-state index contributed by atoms with van der Waals surface area (Å²) in [7, 11) is -9.21. The van der Waals surface area contributed by atoms with Crippen LogP contribution in [0.4, 0.5) is 5.69 Å². The Balaban J connectivity index is 1.08. The quantitative estimate of drug-likeness (QED) is 0.0407. The molecule has 1 aliphatic heterocycles. The highest BCUT2D eigenvalue weighted by Crippen LogP contribution is 2.43. The molecule has 0 saturated heterocycles. The van der Waals surface area contributed by atoms with Crippen molar-refractivity contribution in [2.45, 2.75) is 77.0 Å². The van der Waals surface area contributed by atoms with E-state index in [-0.39, 0.29) is 40.9 Å². The highest BCUT2D eigenvalue weighted by atomic mass is 35.5. The number of aromatic nitrogens is 1. The first-order chi connectivity index (χ1) is 31.5. The monoisotopic (exact) mass is 950 g/mol. The summed E-state index contributed by atoms with van der Waals surface area (Å²) in [6, 6.07) is 27.5. The van der Waals surface area contributed by atoms with Gasteiger partial charge in [0.05, 0.1) is 33.5 Å². The fourth-order valence-corrected chi connectivity index (χ4v) is 11.1. The second-order valence-corrected chi connectivity index (χ2v) is 20.3.